The molecule has 0 saturated carbocycles. The highest BCUT2D eigenvalue weighted by atomic mass is 16.5. The highest BCUT2D eigenvalue weighted by molar-refractivity contribution is 5.82. The van der Waals surface area contributed by atoms with E-state index < -0.39 is 24.0 Å². The van der Waals surface area contributed by atoms with Crippen molar-refractivity contribution in [3.8, 4) is 11.1 Å². The lowest BCUT2D eigenvalue weighted by molar-refractivity contribution is -0.142. The number of carboxylic acid groups (broad SMARTS) is 1. The fourth-order valence-electron chi connectivity index (χ4n) is 5.72. The number of hydrogen-bond donors (Lipinski definition) is 2. The lowest BCUT2D eigenvalue weighted by atomic mass is 9.87. The van der Waals surface area contributed by atoms with Crippen molar-refractivity contribution in [3.63, 3.8) is 0 Å². The number of carbonyl (C=O) groups is 3. The van der Waals surface area contributed by atoms with Gasteiger partial charge in [0.1, 0.15) is 6.61 Å². The van der Waals surface area contributed by atoms with Gasteiger partial charge in [-0.2, -0.15) is 0 Å². The highest BCUT2D eigenvalue weighted by Crippen LogP contribution is 2.44. The lowest BCUT2D eigenvalue weighted by Gasteiger charge is -2.33. The molecule has 0 radical (unpaired) electrons. The first kappa shape index (κ1) is 24.8. The summed E-state index contributed by atoms with van der Waals surface area (Å²) in [5.74, 6) is -1.54. The van der Waals surface area contributed by atoms with E-state index >= 15 is 0 Å². The summed E-state index contributed by atoms with van der Waals surface area (Å²) < 4.78 is 5.67. The molecule has 1 fully saturated rings. The quantitative estimate of drug-likeness (QED) is 0.576. The zero-order chi connectivity index (χ0) is 25.1. The molecule has 1 aliphatic carbocycles. The van der Waals surface area contributed by atoms with Gasteiger partial charge in [0, 0.05) is 24.5 Å². The summed E-state index contributed by atoms with van der Waals surface area (Å²) in [4.78, 5) is 39.1. The van der Waals surface area contributed by atoms with Crippen molar-refractivity contribution in [1.29, 1.82) is 0 Å². The van der Waals surface area contributed by atoms with Crippen LogP contribution in [0.25, 0.3) is 11.1 Å². The molecule has 4 rings (SSSR count). The van der Waals surface area contributed by atoms with Crippen LogP contribution >= 0.6 is 0 Å². The molecule has 1 saturated heterocycles. The summed E-state index contributed by atoms with van der Waals surface area (Å²) in [6.07, 6.45) is 0.881. The van der Waals surface area contributed by atoms with Crippen LogP contribution in [-0.2, 0) is 14.3 Å². The van der Waals surface area contributed by atoms with E-state index in [2.05, 4.69) is 29.6 Å². The van der Waals surface area contributed by atoms with Crippen LogP contribution in [0.1, 0.15) is 57.1 Å². The van der Waals surface area contributed by atoms with Gasteiger partial charge in [-0.3, -0.25) is 9.59 Å². The third kappa shape index (κ3) is 5.19. The fourth-order valence-corrected chi connectivity index (χ4v) is 5.72. The van der Waals surface area contributed by atoms with E-state index in [1.54, 1.807) is 4.90 Å². The zero-order valence-corrected chi connectivity index (χ0v) is 20.6. The monoisotopic (exact) mass is 478 g/mol. The molecule has 2 unspecified atom stereocenters. The molecule has 35 heavy (non-hydrogen) atoms. The summed E-state index contributed by atoms with van der Waals surface area (Å²) in [7, 11) is 0. The van der Waals surface area contributed by atoms with E-state index in [4.69, 9.17) is 4.74 Å². The number of rotatable bonds is 8. The molecular formula is C28H34N2O5. The van der Waals surface area contributed by atoms with E-state index in [1.807, 2.05) is 45.0 Å². The van der Waals surface area contributed by atoms with Gasteiger partial charge in [-0.05, 0) is 47.9 Å². The minimum atomic E-state index is -0.902. The van der Waals surface area contributed by atoms with Gasteiger partial charge in [-0.25, -0.2) is 4.79 Å². The van der Waals surface area contributed by atoms with Crippen LogP contribution in [-0.4, -0.2) is 53.2 Å². The number of nitrogens with zero attached hydrogens (tertiary/aromatic N) is 1. The molecule has 7 heteroatoms. The first-order valence-corrected chi connectivity index (χ1v) is 12.4. The summed E-state index contributed by atoms with van der Waals surface area (Å²) >= 11 is 0. The summed E-state index contributed by atoms with van der Waals surface area (Å²) in [5, 5.41) is 12.1. The Kier molecular flexibility index (Phi) is 7.43. The minimum absolute atomic E-state index is 0.0301. The molecule has 7 nitrogen and oxygen atoms in total. The Morgan fingerprint density at radius 2 is 1.63 bits per heavy atom. The number of fused-ring (bicyclic) bond motifs is 3. The largest absolute Gasteiger partial charge is 0.481 e. The highest BCUT2D eigenvalue weighted by Gasteiger charge is 2.38. The van der Waals surface area contributed by atoms with Crippen LogP contribution in [0.5, 0.6) is 0 Å². The normalized spacial score (nSPS) is 18.6. The van der Waals surface area contributed by atoms with Crippen molar-refractivity contribution < 1.29 is 24.2 Å². The molecule has 1 aliphatic heterocycles. The molecule has 0 spiro atoms. The van der Waals surface area contributed by atoms with Gasteiger partial charge in [-0.15, -0.1) is 0 Å². The Hall–Kier alpha value is -3.35. The van der Waals surface area contributed by atoms with Crippen molar-refractivity contribution in [2.24, 2.45) is 11.8 Å². The van der Waals surface area contributed by atoms with Gasteiger partial charge in [0.05, 0.1) is 12.3 Å². The van der Waals surface area contributed by atoms with Crippen LogP contribution in [0.4, 0.5) is 4.79 Å². The SMILES string of the molecule is CC(C)C(C(=O)N1CCC[C@H]1CC(=O)O)C(C)NC(=O)OCC1c2ccccc2-c2ccccc21. The average molecular weight is 479 g/mol. The first-order chi connectivity index (χ1) is 16.8. The molecule has 2 amide bonds. The molecule has 2 aromatic rings. The smallest absolute Gasteiger partial charge is 0.407 e. The summed E-state index contributed by atoms with van der Waals surface area (Å²) in [6, 6.07) is 15.6. The Bertz CT molecular complexity index is 1050. The number of amides is 2. The van der Waals surface area contributed by atoms with Gasteiger partial charge in [0.15, 0.2) is 0 Å². The van der Waals surface area contributed by atoms with Crippen molar-refractivity contribution in [3.05, 3.63) is 59.7 Å². The maximum atomic E-state index is 13.4. The van der Waals surface area contributed by atoms with E-state index in [0.29, 0.717) is 13.0 Å². The van der Waals surface area contributed by atoms with Gasteiger partial charge in [0.25, 0.3) is 0 Å². The molecule has 0 bridgehead atoms. The fraction of sp³-hybridized carbons (Fsp3) is 0.464. The third-order valence-corrected chi connectivity index (χ3v) is 7.30. The van der Waals surface area contributed by atoms with Crippen LogP contribution in [0.3, 0.4) is 0 Å². The number of carbonyl (C=O) groups excluding carboxylic acids is 2. The summed E-state index contributed by atoms with van der Waals surface area (Å²) in [6.45, 7) is 6.46. The number of aliphatic carboxylic acids is 1. The second kappa shape index (κ2) is 10.5. The van der Waals surface area contributed by atoms with E-state index in [0.717, 1.165) is 28.7 Å². The Balaban J connectivity index is 1.40. The molecule has 3 atom stereocenters. The third-order valence-electron chi connectivity index (χ3n) is 7.30. The molecule has 1 heterocycles. The van der Waals surface area contributed by atoms with Crippen LogP contribution in [0.2, 0.25) is 0 Å². The number of ether oxygens (including phenoxy) is 1. The van der Waals surface area contributed by atoms with Crippen LogP contribution in [0.15, 0.2) is 48.5 Å². The number of nitrogens with one attached hydrogen (secondary N) is 1. The second-order valence-electron chi connectivity index (χ2n) is 9.95. The topological polar surface area (TPSA) is 95.9 Å². The predicted molar refractivity (Wildman–Crippen MR) is 133 cm³/mol. The molecule has 2 N–H and O–H groups in total. The van der Waals surface area contributed by atoms with Crippen LogP contribution in [0, 0.1) is 11.8 Å². The maximum absolute atomic E-state index is 13.4. The standard InChI is InChI=1S/C28H34N2O5/c1-17(2)26(27(33)30-14-8-9-19(30)15-25(31)32)18(3)29-28(34)35-16-24-22-12-6-4-10-20(22)21-11-5-7-13-23(21)24/h4-7,10-13,17-19,24,26H,8-9,14-16H2,1-3H3,(H,29,34)(H,31,32)/t18?,19-,26?/m0/s1. The second-order valence-corrected chi connectivity index (χ2v) is 9.95. The number of hydrogen-bond acceptors (Lipinski definition) is 4. The lowest BCUT2D eigenvalue weighted by Crippen LogP contribution is -2.50. The Morgan fingerprint density at radius 1 is 1.03 bits per heavy atom. The number of benzene rings is 2. The summed E-state index contributed by atoms with van der Waals surface area (Å²) in [5.41, 5.74) is 4.61. The molecular weight excluding hydrogens is 444 g/mol. The average Bonchev–Trinajstić information content (AvgIpc) is 3.39. The van der Waals surface area contributed by atoms with Gasteiger partial charge in [-0.1, -0.05) is 62.4 Å². The van der Waals surface area contributed by atoms with Gasteiger partial charge < -0.3 is 20.1 Å². The zero-order valence-electron chi connectivity index (χ0n) is 20.6. The van der Waals surface area contributed by atoms with Crippen molar-refractivity contribution in [1.82, 2.24) is 10.2 Å². The number of likely N-dealkylation sites (tertiary alicyclic amines) is 1. The van der Waals surface area contributed by atoms with Crippen molar-refractivity contribution >= 4 is 18.0 Å². The van der Waals surface area contributed by atoms with Gasteiger partial charge >= 0.3 is 12.1 Å². The predicted octanol–water partition coefficient (Wildman–Crippen LogP) is 4.65. The first-order valence-electron chi connectivity index (χ1n) is 12.4. The number of carboxylic acids is 1. The van der Waals surface area contributed by atoms with E-state index in [-0.39, 0.29) is 36.8 Å². The van der Waals surface area contributed by atoms with Crippen molar-refractivity contribution in [2.75, 3.05) is 13.2 Å². The molecule has 0 aromatic heterocycles. The van der Waals surface area contributed by atoms with E-state index in [9.17, 15) is 19.5 Å². The molecule has 2 aliphatic rings. The van der Waals surface area contributed by atoms with E-state index in [1.165, 1.54) is 0 Å². The number of alkyl carbamates (subject to hydrolysis) is 1. The molecule has 186 valence electrons. The maximum Gasteiger partial charge on any atom is 0.407 e. The van der Waals surface area contributed by atoms with Crippen LogP contribution < -0.4 is 5.32 Å². The molecule has 2 aromatic carbocycles. The van der Waals surface area contributed by atoms with Gasteiger partial charge in [0.2, 0.25) is 5.91 Å². The Labute approximate surface area is 206 Å². The minimum Gasteiger partial charge on any atom is -0.481 e. The Morgan fingerprint density at radius 3 is 2.20 bits per heavy atom. The van der Waals surface area contributed by atoms with Crippen molar-refractivity contribution in [2.45, 2.75) is 58.0 Å².